The molecular weight excluding hydrogens is 238 g/mol. The Morgan fingerprint density at radius 1 is 1.16 bits per heavy atom. The van der Waals surface area contributed by atoms with Crippen LogP contribution in [0.1, 0.15) is 19.3 Å². The number of carbonyl (C=O) groups is 1. The van der Waals surface area contributed by atoms with Gasteiger partial charge in [0.1, 0.15) is 5.75 Å². The SMILES string of the molecule is COc1ccc(NC(=O)C2[C@@H]3[C@H]4CC[C@@H](C4)[C@@H]23)cc1. The number of carbonyl (C=O) groups excluding carboxylic acids is 1. The van der Waals surface area contributed by atoms with Crippen LogP contribution < -0.4 is 10.1 Å². The fraction of sp³-hybridized carbons (Fsp3) is 0.562. The van der Waals surface area contributed by atoms with Crippen molar-refractivity contribution in [2.45, 2.75) is 19.3 Å². The van der Waals surface area contributed by atoms with E-state index in [0.29, 0.717) is 17.8 Å². The van der Waals surface area contributed by atoms with E-state index >= 15 is 0 Å². The summed E-state index contributed by atoms with van der Waals surface area (Å²) in [6.45, 7) is 0. The minimum atomic E-state index is 0.233. The van der Waals surface area contributed by atoms with Crippen LogP contribution >= 0.6 is 0 Å². The molecule has 3 saturated carbocycles. The van der Waals surface area contributed by atoms with Gasteiger partial charge in [0.25, 0.3) is 0 Å². The van der Waals surface area contributed by atoms with Gasteiger partial charge in [-0.25, -0.2) is 0 Å². The highest BCUT2D eigenvalue weighted by atomic mass is 16.5. The summed E-state index contributed by atoms with van der Waals surface area (Å²) >= 11 is 0. The van der Waals surface area contributed by atoms with Gasteiger partial charge >= 0.3 is 0 Å². The van der Waals surface area contributed by atoms with Crippen LogP contribution in [0.15, 0.2) is 24.3 Å². The molecule has 3 nitrogen and oxygen atoms in total. The van der Waals surface area contributed by atoms with Crippen molar-refractivity contribution in [3.8, 4) is 5.75 Å². The Morgan fingerprint density at radius 3 is 2.37 bits per heavy atom. The van der Waals surface area contributed by atoms with Gasteiger partial charge in [-0.05, 0) is 67.2 Å². The molecule has 19 heavy (non-hydrogen) atoms. The molecule has 3 heteroatoms. The molecule has 0 radical (unpaired) electrons. The molecule has 1 N–H and O–H groups in total. The maximum absolute atomic E-state index is 12.3. The second-order valence-corrected chi connectivity index (χ2v) is 6.23. The lowest BCUT2D eigenvalue weighted by atomic mass is 10.0. The molecule has 0 aromatic heterocycles. The Morgan fingerprint density at radius 2 is 1.79 bits per heavy atom. The molecule has 1 aromatic carbocycles. The summed E-state index contributed by atoms with van der Waals surface area (Å²) < 4.78 is 5.12. The Bertz CT molecular complexity index is 494. The summed E-state index contributed by atoms with van der Waals surface area (Å²) in [7, 11) is 1.65. The third kappa shape index (κ3) is 1.67. The van der Waals surface area contributed by atoms with E-state index in [4.69, 9.17) is 4.74 Å². The molecule has 4 atom stereocenters. The van der Waals surface area contributed by atoms with Crippen molar-refractivity contribution in [3.05, 3.63) is 24.3 Å². The Balaban J connectivity index is 1.42. The topological polar surface area (TPSA) is 38.3 Å². The van der Waals surface area contributed by atoms with E-state index in [9.17, 15) is 4.79 Å². The molecule has 4 rings (SSSR count). The molecule has 0 heterocycles. The number of benzene rings is 1. The summed E-state index contributed by atoms with van der Waals surface area (Å²) in [5, 5.41) is 3.06. The molecule has 0 saturated heterocycles. The van der Waals surface area contributed by atoms with Crippen molar-refractivity contribution in [2.75, 3.05) is 12.4 Å². The van der Waals surface area contributed by atoms with E-state index in [0.717, 1.165) is 23.3 Å². The highest BCUT2D eigenvalue weighted by molar-refractivity contribution is 5.95. The second kappa shape index (κ2) is 3.99. The molecule has 100 valence electrons. The van der Waals surface area contributed by atoms with Gasteiger partial charge in [-0.2, -0.15) is 0 Å². The lowest BCUT2D eigenvalue weighted by Crippen LogP contribution is -2.18. The minimum Gasteiger partial charge on any atom is -0.497 e. The average Bonchev–Trinajstić information content (AvgIpc) is 2.89. The van der Waals surface area contributed by atoms with Crippen molar-refractivity contribution in [1.29, 1.82) is 0 Å². The van der Waals surface area contributed by atoms with Gasteiger partial charge in [0, 0.05) is 11.6 Å². The van der Waals surface area contributed by atoms with Gasteiger partial charge < -0.3 is 10.1 Å². The van der Waals surface area contributed by atoms with Crippen LogP contribution in [0.25, 0.3) is 0 Å². The van der Waals surface area contributed by atoms with E-state index in [1.54, 1.807) is 7.11 Å². The summed E-state index contributed by atoms with van der Waals surface area (Å²) in [5.41, 5.74) is 0.878. The van der Waals surface area contributed by atoms with Gasteiger partial charge in [0.05, 0.1) is 7.11 Å². The number of fused-ring (bicyclic) bond motifs is 5. The third-order valence-corrected chi connectivity index (χ3v) is 5.40. The van der Waals surface area contributed by atoms with Crippen molar-refractivity contribution in [1.82, 2.24) is 0 Å². The molecule has 0 aliphatic heterocycles. The lowest BCUT2D eigenvalue weighted by molar-refractivity contribution is -0.118. The molecule has 1 amide bonds. The van der Waals surface area contributed by atoms with Crippen LogP contribution in [-0.4, -0.2) is 13.0 Å². The molecule has 3 fully saturated rings. The first-order valence-corrected chi connectivity index (χ1v) is 7.23. The van der Waals surface area contributed by atoms with E-state index < -0.39 is 0 Å². The zero-order chi connectivity index (χ0) is 13.0. The van der Waals surface area contributed by atoms with E-state index in [1.165, 1.54) is 19.3 Å². The normalized spacial score (nSPS) is 37.8. The molecule has 0 unspecified atom stereocenters. The first-order chi connectivity index (χ1) is 9.28. The molecular formula is C16H19NO2. The first kappa shape index (κ1) is 11.3. The molecule has 1 aromatic rings. The van der Waals surface area contributed by atoms with Crippen LogP contribution in [-0.2, 0) is 4.79 Å². The van der Waals surface area contributed by atoms with Gasteiger partial charge in [0.2, 0.25) is 5.91 Å². The van der Waals surface area contributed by atoms with Crippen LogP contribution in [0.5, 0.6) is 5.75 Å². The summed E-state index contributed by atoms with van der Waals surface area (Å²) in [6.07, 6.45) is 4.11. The number of ether oxygens (including phenoxy) is 1. The third-order valence-electron chi connectivity index (χ3n) is 5.40. The lowest BCUT2D eigenvalue weighted by Gasteiger charge is -2.10. The maximum atomic E-state index is 12.3. The fourth-order valence-electron chi connectivity index (χ4n) is 4.58. The Labute approximate surface area is 113 Å². The average molecular weight is 257 g/mol. The Hall–Kier alpha value is -1.51. The number of hydrogen-bond acceptors (Lipinski definition) is 2. The highest BCUT2D eigenvalue weighted by Gasteiger charge is 2.67. The molecule has 2 bridgehead atoms. The van der Waals surface area contributed by atoms with Gasteiger partial charge in [-0.15, -0.1) is 0 Å². The largest absolute Gasteiger partial charge is 0.497 e. The van der Waals surface area contributed by atoms with Crippen molar-refractivity contribution in [2.24, 2.45) is 29.6 Å². The van der Waals surface area contributed by atoms with E-state index in [1.807, 2.05) is 24.3 Å². The van der Waals surface area contributed by atoms with Crippen LogP contribution in [0.3, 0.4) is 0 Å². The van der Waals surface area contributed by atoms with E-state index in [2.05, 4.69) is 5.32 Å². The van der Waals surface area contributed by atoms with Gasteiger partial charge in [-0.1, -0.05) is 0 Å². The van der Waals surface area contributed by atoms with Gasteiger partial charge in [0.15, 0.2) is 0 Å². The summed E-state index contributed by atoms with van der Waals surface area (Å²) in [6, 6.07) is 7.58. The zero-order valence-corrected chi connectivity index (χ0v) is 11.1. The number of hydrogen-bond donors (Lipinski definition) is 1. The number of methoxy groups -OCH3 is 1. The predicted octanol–water partition coefficient (Wildman–Crippen LogP) is 2.93. The second-order valence-electron chi connectivity index (χ2n) is 6.23. The number of nitrogens with one attached hydrogen (secondary N) is 1. The number of rotatable bonds is 3. The smallest absolute Gasteiger partial charge is 0.228 e. The monoisotopic (exact) mass is 257 g/mol. The van der Waals surface area contributed by atoms with Crippen LogP contribution in [0, 0.1) is 29.6 Å². The van der Waals surface area contributed by atoms with Crippen molar-refractivity contribution < 1.29 is 9.53 Å². The fourth-order valence-corrected chi connectivity index (χ4v) is 4.58. The van der Waals surface area contributed by atoms with Crippen molar-refractivity contribution >= 4 is 11.6 Å². The highest BCUT2D eigenvalue weighted by Crippen LogP contribution is 2.69. The van der Waals surface area contributed by atoms with Gasteiger partial charge in [-0.3, -0.25) is 4.79 Å². The maximum Gasteiger partial charge on any atom is 0.228 e. The first-order valence-electron chi connectivity index (χ1n) is 7.23. The molecule has 3 aliphatic rings. The molecule has 0 spiro atoms. The van der Waals surface area contributed by atoms with E-state index in [-0.39, 0.29) is 5.91 Å². The summed E-state index contributed by atoms with van der Waals surface area (Å²) in [5.74, 6) is 4.46. The van der Waals surface area contributed by atoms with Crippen LogP contribution in [0.2, 0.25) is 0 Å². The number of anilines is 1. The van der Waals surface area contributed by atoms with Crippen molar-refractivity contribution in [3.63, 3.8) is 0 Å². The van der Waals surface area contributed by atoms with Crippen LogP contribution in [0.4, 0.5) is 5.69 Å². The Kier molecular flexibility index (Phi) is 2.38. The number of amides is 1. The standard InChI is InChI=1S/C16H19NO2/c1-19-12-6-4-11(5-7-12)17-16(18)15-13-9-2-3-10(8-9)14(13)15/h4-7,9-10,13-15H,2-3,8H2,1H3,(H,17,18)/t9-,10-,13+,14+/m0/s1. The predicted molar refractivity (Wildman–Crippen MR) is 72.9 cm³/mol. The minimum absolute atomic E-state index is 0.233. The molecule has 3 aliphatic carbocycles. The zero-order valence-electron chi connectivity index (χ0n) is 11.1. The summed E-state index contributed by atoms with van der Waals surface area (Å²) in [4.78, 5) is 12.3. The quantitative estimate of drug-likeness (QED) is 0.904.